The molecule has 4 nitrogen and oxygen atoms in total. The number of halogens is 1. The second-order valence-electron chi connectivity index (χ2n) is 5.99. The van der Waals surface area contributed by atoms with E-state index in [1.54, 1.807) is 11.1 Å². The Labute approximate surface area is 139 Å². The predicted molar refractivity (Wildman–Crippen MR) is 88.2 cm³/mol. The van der Waals surface area contributed by atoms with Crippen LogP contribution in [0.5, 0.6) is 5.75 Å². The molecule has 0 aliphatic carbocycles. The molecule has 0 bridgehead atoms. The van der Waals surface area contributed by atoms with E-state index < -0.39 is 0 Å². The maximum Gasteiger partial charge on any atom is 0.242 e. The Morgan fingerprint density at radius 1 is 1.29 bits per heavy atom. The molecule has 0 saturated heterocycles. The molecule has 2 aliphatic rings. The Balaban J connectivity index is 1.82. The van der Waals surface area contributed by atoms with Gasteiger partial charge in [-0.3, -0.25) is 4.79 Å². The summed E-state index contributed by atoms with van der Waals surface area (Å²) in [5, 5.41) is 6.12. The Morgan fingerprint density at radius 3 is 2.83 bits per heavy atom. The van der Waals surface area contributed by atoms with Crippen molar-refractivity contribution in [2.24, 2.45) is 11.0 Å². The number of hydrogen-bond donors (Lipinski definition) is 0. The number of fused-ring (bicyclic) bond motifs is 3. The molecule has 2 aliphatic heterocycles. The van der Waals surface area contributed by atoms with Crippen LogP contribution in [0.1, 0.15) is 30.5 Å². The van der Waals surface area contributed by atoms with Gasteiger partial charge in [0.15, 0.2) is 0 Å². The first kappa shape index (κ1) is 14.9. The summed E-state index contributed by atoms with van der Waals surface area (Å²) in [7, 11) is 0. The van der Waals surface area contributed by atoms with Crippen molar-refractivity contribution in [2.75, 3.05) is 6.61 Å². The minimum atomic E-state index is -0.336. The van der Waals surface area contributed by atoms with Crippen molar-refractivity contribution >= 4 is 11.6 Å². The van der Waals surface area contributed by atoms with Gasteiger partial charge < -0.3 is 4.74 Å². The van der Waals surface area contributed by atoms with Gasteiger partial charge in [-0.2, -0.15) is 5.10 Å². The van der Waals surface area contributed by atoms with Crippen LogP contribution >= 0.6 is 0 Å². The van der Waals surface area contributed by atoms with Crippen LogP contribution in [0.25, 0.3) is 0 Å². The van der Waals surface area contributed by atoms with Crippen molar-refractivity contribution in [1.29, 1.82) is 0 Å². The number of rotatable bonds is 2. The van der Waals surface area contributed by atoms with E-state index in [9.17, 15) is 9.18 Å². The number of carbonyl (C=O) groups excluding carboxylic acids is 1. The first-order chi connectivity index (χ1) is 11.7. The molecule has 0 fully saturated rings. The van der Waals surface area contributed by atoms with Crippen molar-refractivity contribution in [2.45, 2.75) is 19.4 Å². The third-order valence-corrected chi connectivity index (χ3v) is 4.55. The third kappa shape index (κ3) is 2.28. The van der Waals surface area contributed by atoms with Gasteiger partial charge in [-0.25, -0.2) is 9.40 Å². The van der Waals surface area contributed by atoms with Gasteiger partial charge in [-0.05, 0) is 23.8 Å². The quantitative estimate of drug-likeness (QED) is 0.848. The lowest BCUT2D eigenvalue weighted by atomic mass is 9.86. The Morgan fingerprint density at radius 2 is 2.08 bits per heavy atom. The summed E-state index contributed by atoms with van der Waals surface area (Å²) in [6.45, 7) is 2.24. The molecular weight excluding hydrogens is 307 g/mol. The molecule has 0 spiro atoms. The van der Waals surface area contributed by atoms with Gasteiger partial charge in [0, 0.05) is 12.0 Å². The van der Waals surface area contributed by atoms with Gasteiger partial charge >= 0.3 is 0 Å². The summed E-state index contributed by atoms with van der Waals surface area (Å²) in [5.74, 6) is 0.127. The lowest BCUT2D eigenvalue weighted by Crippen LogP contribution is -2.34. The van der Waals surface area contributed by atoms with Gasteiger partial charge in [0.05, 0.1) is 24.3 Å². The van der Waals surface area contributed by atoms with E-state index in [0.29, 0.717) is 24.3 Å². The van der Waals surface area contributed by atoms with E-state index in [4.69, 9.17) is 4.74 Å². The minimum absolute atomic E-state index is 0.0521. The van der Waals surface area contributed by atoms with E-state index in [2.05, 4.69) is 5.10 Å². The maximum atomic E-state index is 13.7. The fraction of sp³-hybridized carbons (Fsp3) is 0.263. The molecule has 0 aromatic heterocycles. The highest BCUT2D eigenvalue weighted by Crippen LogP contribution is 2.42. The molecule has 2 atom stereocenters. The summed E-state index contributed by atoms with van der Waals surface area (Å²) in [6.07, 6.45) is 0.365. The van der Waals surface area contributed by atoms with E-state index in [-0.39, 0.29) is 23.7 Å². The number of ether oxygens (including phenoxy) is 1. The van der Waals surface area contributed by atoms with Gasteiger partial charge in [0.25, 0.3) is 0 Å². The van der Waals surface area contributed by atoms with Gasteiger partial charge in [-0.15, -0.1) is 0 Å². The summed E-state index contributed by atoms with van der Waals surface area (Å²) in [4.78, 5) is 12.4. The molecule has 24 heavy (non-hydrogen) atoms. The normalized spacial score (nSPS) is 21.6. The summed E-state index contributed by atoms with van der Waals surface area (Å²) in [6, 6.07) is 14.0. The number of amides is 1. The fourth-order valence-electron chi connectivity index (χ4n) is 3.40. The minimum Gasteiger partial charge on any atom is -0.492 e. The zero-order valence-corrected chi connectivity index (χ0v) is 13.3. The van der Waals surface area contributed by atoms with Crippen molar-refractivity contribution in [3.8, 4) is 5.75 Å². The summed E-state index contributed by atoms with van der Waals surface area (Å²) in [5.41, 5.74) is 2.37. The number of benzene rings is 2. The Kier molecular flexibility index (Phi) is 3.56. The molecule has 5 heteroatoms. The van der Waals surface area contributed by atoms with E-state index >= 15 is 0 Å². The summed E-state index contributed by atoms with van der Waals surface area (Å²) < 4.78 is 19.5. The topological polar surface area (TPSA) is 41.9 Å². The standard InChI is InChI=1S/C19H17FN2O2/c1-2-17(23)22-19(12-6-4-3-5-7-12)15-11-24-16-9-8-13(20)10-14(16)18(15)21-22/h3-10,15,19H,2,11H2,1H3/t15-,19-/m1/s1. The lowest BCUT2D eigenvalue weighted by molar-refractivity contribution is -0.133. The summed E-state index contributed by atoms with van der Waals surface area (Å²) >= 11 is 0. The average molecular weight is 324 g/mol. The zero-order valence-electron chi connectivity index (χ0n) is 13.3. The molecule has 1 amide bonds. The largest absolute Gasteiger partial charge is 0.492 e. The van der Waals surface area contributed by atoms with Crippen LogP contribution in [0.15, 0.2) is 53.6 Å². The molecule has 0 N–H and O–H groups in total. The molecule has 0 radical (unpaired) electrons. The van der Waals surface area contributed by atoms with Crippen LogP contribution in [0, 0.1) is 11.7 Å². The molecule has 0 saturated carbocycles. The second kappa shape index (κ2) is 5.74. The van der Waals surface area contributed by atoms with E-state index in [0.717, 1.165) is 11.3 Å². The van der Waals surface area contributed by atoms with E-state index in [1.165, 1.54) is 12.1 Å². The van der Waals surface area contributed by atoms with Gasteiger partial charge in [-0.1, -0.05) is 37.3 Å². The van der Waals surface area contributed by atoms with Crippen molar-refractivity contribution in [3.05, 3.63) is 65.5 Å². The Bertz CT molecular complexity index is 819. The first-order valence-corrected chi connectivity index (χ1v) is 8.07. The van der Waals surface area contributed by atoms with E-state index in [1.807, 2.05) is 37.3 Å². The molecule has 2 aromatic carbocycles. The zero-order chi connectivity index (χ0) is 16.7. The average Bonchev–Trinajstić information content (AvgIpc) is 3.01. The number of hydrazone groups is 1. The third-order valence-electron chi connectivity index (χ3n) is 4.55. The van der Waals surface area contributed by atoms with Crippen molar-refractivity contribution in [3.63, 3.8) is 0 Å². The number of hydrogen-bond acceptors (Lipinski definition) is 3. The van der Waals surface area contributed by atoms with Crippen LogP contribution < -0.4 is 4.74 Å². The monoisotopic (exact) mass is 324 g/mol. The smallest absolute Gasteiger partial charge is 0.242 e. The Hall–Kier alpha value is -2.69. The van der Waals surface area contributed by atoms with Crippen LogP contribution in [0.3, 0.4) is 0 Å². The highest BCUT2D eigenvalue weighted by molar-refractivity contribution is 6.07. The molecule has 4 rings (SSSR count). The van der Waals surface area contributed by atoms with Crippen molar-refractivity contribution in [1.82, 2.24) is 5.01 Å². The van der Waals surface area contributed by atoms with Crippen LogP contribution in [-0.2, 0) is 4.79 Å². The maximum absolute atomic E-state index is 13.7. The number of nitrogens with zero attached hydrogens (tertiary/aromatic N) is 2. The fourth-order valence-corrected chi connectivity index (χ4v) is 3.40. The molecular formula is C19H17FN2O2. The molecule has 2 heterocycles. The highest BCUT2D eigenvalue weighted by atomic mass is 19.1. The van der Waals surface area contributed by atoms with Crippen LogP contribution in [0.4, 0.5) is 4.39 Å². The lowest BCUT2D eigenvalue weighted by Gasteiger charge is -2.29. The van der Waals surface area contributed by atoms with Crippen LogP contribution in [0.2, 0.25) is 0 Å². The first-order valence-electron chi connectivity index (χ1n) is 8.07. The van der Waals surface area contributed by atoms with Gasteiger partial charge in [0.2, 0.25) is 5.91 Å². The SMILES string of the molecule is CCC(=O)N1N=C2c3cc(F)ccc3OC[C@H]2[C@H]1c1ccccc1. The molecule has 122 valence electrons. The highest BCUT2D eigenvalue weighted by Gasteiger charge is 2.44. The second-order valence-corrected chi connectivity index (χ2v) is 5.99. The predicted octanol–water partition coefficient (Wildman–Crippen LogP) is 3.53. The molecule has 2 aromatic rings. The van der Waals surface area contributed by atoms with Crippen molar-refractivity contribution < 1.29 is 13.9 Å². The van der Waals surface area contributed by atoms with Gasteiger partial charge in [0.1, 0.15) is 11.6 Å². The number of carbonyl (C=O) groups is 1. The molecule has 0 unspecified atom stereocenters. The van der Waals surface area contributed by atoms with Crippen LogP contribution in [-0.4, -0.2) is 23.2 Å².